The molecule has 71 heavy (non-hydrogen) atoms. The summed E-state index contributed by atoms with van der Waals surface area (Å²) in [5.41, 5.74) is 0. The Kier molecular flexibility index (Phi) is 46.7. The minimum absolute atomic E-state index is 0.193. The minimum atomic E-state index is -1.57. The lowest BCUT2D eigenvalue weighted by molar-refractivity contribution is -0.302. The van der Waals surface area contributed by atoms with Crippen molar-refractivity contribution in [2.45, 2.75) is 262 Å². The summed E-state index contributed by atoms with van der Waals surface area (Å²) in [7, 11) is 0. The van der Waals surface area contributed by atoms with Crippen LogP contribution < -0.4 is 5.32 Å². The SMILES string of the molecule is CC/C=C\C/C=C\C/C=C\C/C=C\C/C=C\C/C=C\C/C=C\CCCCCCCCCCCCCCCCCCCCCC(=O)NC(COC1OC(CO)C(O)C(O)C1O)C(O)/C=C/CC/C=C/CCC. The van der Waals surface area contributed by atoms with Crippen molar-refractivity contribution in [3.05, 3.63) is 109 Å². The van der Waals surface area contributed by atoms with E-state index >= 15 is 0 Å². The van der Waals surface area contributed by atoms with Crippen LogP contribution in [0.5, 0.6) is 0 Å². The molecule has 1 saturated heterocycles. The first-order valence-electron chi connectivity index (χ1n) is 28.6. The summed E-state index contributed by atoms with van der Waals surface area (Å²) in [5, 5.41) is 54.0. The molecule has 0 spiro atoms. The van der Waals surface area contributed by atoms with Gasteiger partial charge in [0.1, 0.15) is 24.4 Å². The summed E-state index contributed by atoms with van der Waals surface area (Å²) in [5.74, 6) is -0.193. The Morgan fingerprint density at radius 3 is 1.34 bits per heavy atom. The predicted octanol–water partition coefficient (Wildman–Crippen LogP) is 14.2. The minimum Gasteiger partial charge on any atom is -0.394 e. The van der Waals surface area contributed by atoms with Gasteiger partial charge in [-0.1, -0.05) is 239 Å². The van der Waals surface area contributed by atoms with Gasteiger partial charge in [-0.05, 0) is 83.5 Å². The average molecular weight is 993 g/mol. The van der Waals surface area contributed by atoms with Gasteiger partial charge in [0.25, 0.3) is 0 Å². The van der Waals surface area contributed by atoms with Crippen LogP contribution >= 0.6 is 0 Å². The van der Waals surface area contributed by atoms with Crippen molar-refractivity contribution in [2.75, 3.05) is 13.2 Å². The second kappa shape index (κ2) is 50.4. The molecule has 1 heterocycles. The van der Waals surface area contributed by atoms with Crippen molar-refractivity contribution >= 4 is 5.91 Å². The van der Waals surface area contributed by atoms with Gasteiger partial charge in [0.05, 0.1) is 25.4 Å². The van der Waals surface area contributed by atoms with E-state index in [1.807, 2.05) is 6.08 Å². The Morgan fingerprint density at radius 1 is 0.493 bits per heavy atom. The summed E-state index contributed by atoms with van der Waals surface area (Å²) in [4.78, 5) is 12.9. The normalized spacial score (nSPS) is 20.1. The Labute approximate surface area is 434 Å². The molecule has 7 atom stereocenters. The molecule has 0 saturated carbocycles. The van der Waals surface area contributed by atoms with E-state index in [4.69, 9.17) is 9.47 Å². The van der Waals surface area contributed by atoms with Crippen LogP contribution in [0.1, 0.15) is 219 Å². The number of amides is 1. The molecule has 1 fully saturated rings. The van der Waals surface area contributed by atoms with Crippen LogP contribution in [-0.2, 0) is 14.3 Å². The molecule has 0 bridgehead atoms. The number of aliphatic hydroxyl groups is 5. The van der Waals surface area contributed by atoms with E-state index in [0.717, 1.165) is 89.9 Å². The van der Waals surface area contributed by atoms with E-state index in [9.17, 15) is 30.3 Å². The second-order valence-corrected chi connectivity index (χ2v) is 19.3. The fourth-order valence-electron chi connectivity index (χ4n) is 8.34. The van der Waals surface area contributed by atoms with Gasteiger partial charge in [0, 0.05) is 6.42 Å². The maximum absolute atomic E-state index is 12.9. The Balaban J connectivity index is 2.00. The standard InChI is InChI=1S/C62H105NO8/c1-3-5-7-9-11-12-13-14-15-16-17-18-19-20-21-22-23-24-25-26-27-28-29-30-31-32-33-34-35-36-37-38-39-40-41-42-43-44-46-48-50-52-58(66)63-55(56(65)51-49-47-45-10-8-6-4-2)54-70-62-61(69)60(68)59(67)57(53-64)71-62/h5,7-8,10-12,14-15,17-18,20-21,23-24,26-27,49,51,55-57,59-62,64-65,67-69H,3-4,6,9,13,16,19,22,25,28-48,50,52-54H2,1-2H3,(H,63,66)/b7-5-,10-8+,12-11-,15-14-,18-17-,21-20-,24-23-,27-26-,51-49+. The molecular weight excluding hydrogens is 887 g/mol. The number of carbonyl (C=O) groups is 1. The van der Waals surface area contributed by atoms with Crippen molar-refractivity contribution in [3.8, 4) is 0 Å². The molecule has 1 aliphatic rings. The van der Waals surface area contributed by atoms with Gasteiger partial charge in [0.2, 0.25) is 5.91 Å². The van der Waals surface area contributed by atoms with Crippen LogP contribution in [0.2, 0.25) is 0 Å². The first-order chi connectivity index (χ1) is 34.8. The zero-order chi connectivity index (χ0) is 51.5. The van der Waals surface area contributed by atoms with Crippen molar-refractivity contribution in [1.29, 1.82) is 0 Å². The van der Waals surface area contributed by atoms with Gasteiger partial charge < -0.3 is 40.3 Å². The smallest absolute Gasteiger partial charge is 0.220 e. The van der Waals surface area contributed by atoms with Crippen LogP contribution in [0, 0.1) is 0 Å². The molecule has 9 heteroatoms. The molecule has 1 aliphatic heterocycles. The average Bonchev–Trinajstić information content (AvgIpc) is 3.37. The number of hydrogen-bond acceptors (Lipinski definition) is 8. The summed E-state index contributed by atoms with van der Waals surface area (Å²) < 4.78 is 11.2. The number of unbranched alkanes of at least 4 members (excludes halogenated alkanes) is 21. The number of allylic oxidation sites excluding steroid dienone is 17. The van der Waals surface area contributed by atoms with Gasteiger partial charge in [0.15, 0.2) is 6.29 Å². The molecule has 0 radical (unpaired) electrons. The lowest BCUT2D eigenvalue weighted by atomic mass is 9.99. The van der Waals surface area contributed by atoms with E-state index in [2.05, 4.69) is 116 Å². The van der Waals surface area contributed by atoms with Gasteiger partial charge in [-0.25, -0.2) is 0 Å². The molecule has 406 valence electrons. The highest BCUT2D eigenvalue weighted by Crippen LogP contribution is 2.23. The number of nitrogens with one attached hydrogen (secondary N) is 1. The first kappa shape index (κ1) is 65.9. The first-order valence-corrected chi connectivity index (χ1v) is 28.6. The number of rotatable bonds is 47. The molecular formula is C62H105NO8. The van der Waals surface area contributed by atoms with Crippen molar-refractivity contribution in [1.82, 2.24) is 5.32 Å². The fourth-order valence-corrected chi connectivity index (χ4v) is 8.34. The second-order valence-electron chi connectivity index (χ2n) is 19.3. The number of hydrogen-bond donors (Lipinski definition) is 6. The predicted molar refractivity (Wildman–Crippen MR) is 299 cm³/mol. The molecule has 1 amide bonds. The van der Waals surface area contributed by atoms with E-state index in [-0.39, 0.29) is 12.5 Å². The summed E-state index contributed by atoms with van der Waals surface area (Å²) in [6.45, 7) is 3.52. The lowest BCUT2D eigenvalue weighted by Gasteiger charge is -2.40. The van der Waals surface area contributed by atoms with Crippen LogP contribution in [0.3, 0.4) is 0 Å². The monoisotopic (exact) mass is 992 g/mol. The molecule has 1 rings (SSSR count). The quantitative estimate of drug-likeness (QED) is 0.0261. The highest BCUT2D eigenvalue weighted by Gasteiger charge is 2.44. The Morgan fingerprint density at radius 2 is 0.887 bits per heavy atom. The molecule has 9 nitrogen and oxygen atoms in total. The number of ether oxygens (including phenoxy) is 2. The third-order valence-corrected chi connectivity index (χ3v) is 12.8. The van der Waals surface area contributed by atoms with Crippen LogP contribution in [-0.4, -0.2) is 87.5 Å². The third-order valence-electron chi connectivity index (χ3n) is 12.8. The van der Waals surface area contributed by atoms with Crippen LogP contribution in [0.25, 0.3) is 0 Å². The molecule has 0 aliphatic carbocycles. The largest absolute Gasteiger partial charge is 0.394 e. The third kappa shape index (κ3) is 40.0. The Hall–Kier alpha value is -3.15. The van der Waals surface area contributed by atoms with E-state index in [0.29, 0.717) is 6.42 Å². The van der Waals surface area contributed by atoms with Crippen molar-refractivity contribution < 1.29 is 39.8 Å². The number of aliphatic hydroxyl groups excluding tert-OH is 5. The summed E-state index contributed by atoms with van der Waals surface area (Å²) in [6.07, 6.45) is 67.9. The molecule has 7 unspecified atom stereocenters. The van der Waals surface area contributed by atoms with Crippen LogP contribution in [0.4, 0.5) is 0 Å². The lowest BCUT2D eigenvalue weighted by Crippen LogP contribution is -2.60. The van der Waals surface area contributed by atoms with Gasteiger partial charge in [-0.15, -0.1) is 0 Å². The zero-order valence-electron chi connectivity index (χ0n) is 44.9. The van der Waals surface area contributed by atoms with Crippen molar-refractivity contribution in [3.63, 3.8) is 0 Å². The summed E-state index contributed by atoms with van der Waals surface area (Å²) in [6, 6.07) is -0.822. The van der Waals surface area contributed by atoms with E-state index < -0.39 is 49.5 Å². The highest BCUT2D eigenvalue weighted by molar-refractivity contribution is 5.76. The molecule has 0 aromatic heterocycles. The molecule has 0 aromatic carbocycles. The summed E-state index contributed by atoms with van der Waals surface area (Å²) >= 11 is 0. The van der Waals surface area contributed by atoms with Gasteiger partial charge in [-0.2, -0.15) is 0 Å². The van der Waals surface area contributed by atoms with E-state index in [1.165, 1.54) is 109 Å². The van der Waals surface area contributed by atoms with Crippen molar-refractivity contribution in [2.24, 2.45) is 0 Å². The zero-order valence-corrected chi connectivity index (χ0v) is 44.9. The maximum Gasteiger partial charge on any atom is 0.220 e. The molecule has 6 N–H and O–H groups in total. The number of carbonyl (C=O) groups excluding carboxylic acids is 1. The van der Waals surface area contributed by atoms with Gasteiger partial charge in [-0.3, -0.25) is 4.79 Å². The topological polar surface area (TPSA) is 149 Å². The molecule has 0 aromatic rings. The maximum atomic E-state index is 12.9. The van der Waals surface area contributed by atoms with Crippen LogP contribution in [0.15, 0.2) is 109 Å². The highest BCUT2D eigenvalue weighted by atomic mass is 16.7. The van der Waals surface area contributed by atoms with Gasteiger partial charge >= 0.3 is 0 Å². The van der Waals surface area contributed by atoms with E-state index in [1.54, 1.807) is 6.08 Å². The Bertz CT molecular complexity index is 1480. The fraction of sp³-hybridized carbons (Fsp3) is 0.694.